The fourth-order valence-electron chi connectivity index (χ4n) is 8.84. The molecule has 0 fully saturated rings. The first-order chi connectivity index (χ1) is 30.7. The fraction of sp³-hybridized carbons (Fsp3) is 0. The van der Waals surface area contributed by atoms with E-state index in [4.69, 9.17) is 15.1 Å². The molecule has 12 aromatic rings. The van der Waals surface area contributed by atoms with Crippen LogP contribution in [0.4, 0.5) is 0 Å². The summed E-state index contributed by atoms with van der Waals surface area (Å²) >= 11 is 1.85. The molecule has 0 unspecified atom stereocenters. The van der Waals surface area contributed by atoms with Gasteiger partial charge in [-0.15, -0.1) is 11.3 Å². The van der Waals surface area contributed by atoms with Gasteiger partial charge in [0.25, 0.3) is 0 Å². The van der Waals surface area contributed by atoms with Crippen LogP contribution in [0.1, 0.15) is 0 Å². The molecule has 0 amide bonds. The number of pyridine rings is 1. The summed E-state index contributed by atoms with van der Waals surface area (Å²) in [4.78, 5) is 10.4. The average molecular weight is 809 g/mol. The first-order valence-electron chi connectivity index (χ1n) is 20.9. The van der Waals surface area contributed by atoms with Gasteiger partial charge >= 0.3 is 0 Å². The molecule has 0 aliphatic carbocycles. The van der Waals surface area contributed by atoms with Crippen LogP contribution >= 0.6 is 11.3 Å². The fourth-order valence-corrected chi connectivity index (χ4v) is 10.1. The Balaban J connectivity index is 0.983. The predicted molar refractivity (Wildman–Crippen MR) is 259 cm³/mol. The van der Waals surface area contributed by atoms with Gasteiger partial charge in [-0.3, -0.25) is 0 Å². The first-order valence-corrected chi connectivity index (χ1v) is 21.7. The molecule has 0 aliphatic heterocycles. The van der Waals surface area contributed by atoms with Crippen molar-refractivity contribution in [1.82, 2.24) is 19.6 Å². The van der Waals surface area contributed by atoms with Crippen molar-refractivity contribution in [2.75, 3.05) is 0 Å². The molecule has 0 aliphatic rings. The zero-order chi connectivity index (χ0) is 41.0. The molecule has 8 aromatic carbocycles. The van der Waals surface area contributed by atoms with Crippen molar-refractivity contribution in [2.45, 2.75) is 0 Å². The second-order valence-electron chi connectivity index (χ2n) is 15.6. The Morgan fingerprint density at radius 1 is 0.387 bits per heavy atom. The van der Waals surface area contributed by atoms with Crippen molar-refractivity contribution in [1.29, 1.82) is 0 Å². The van der Waals surface area contributed by atoms with Crippen LogP contribution in [0.5, 0.6) is 0 Å². The summed E-state index contributed by atoms with van der Waals surface area (Å²) in [5.74, 6) is 0.686. The highest BCUT2D eigenvalue weighted by molar-refractivity contribution is 7.26. The molecular weight excluding hydrogens is 773 g/mol. The summed E-state index contributed by atoms with van der Waals surface area (Å²) in [7, 11) is 0. The van der Waals surface area contributed by atoms with Crippen molar-refractivity contribution < 1.29 is 0 Å². The Labute approximate surface area is 362 Å². The minimum absolute atomic E-state index is 0.686. The zero-order valence-electron chi connectivity index (χ0n) is 33.5. The van der Waals surface area contributed by atoms with Crippen LogP contribution in [0.15, 0.2) is 218 Å². The van der Waals surface area contributed by atoms with E-state index in [0.29, 0.717) is 5.82 Å². The van der Waals surface area contributed by atoms with Crippen LogP contribution in [0, 0.1) is 0 Å². The van der Waals surface area contributed by atoms with E-state index in [1.54, 1.807) is 0 Å². The molecule has 0 N–H and O–H groups in total. The molecule has 290 valence electrons. The van der Waals surface area contributed by atoms with E-state index in [-0.39, 0.29) is 0 Å². The summed E-state index contributed by atoms with van der Waals surface area (Å²) < 4.78 is 4.75. The lowest BCUT2D eigenvalue weighted by molar-refractivity contribution is 0.979. The summed E-state index contributed by atoms with van der Waals surface area (Å²) in [6.07, 6.45) is 0. The van der Waals surface area contributed by atoms with Crippen LogP contribution < -0.4 is 0 Å². The summed E-state index contributed by atoms with van der Waals surface area (Å²) in [5, 5.41) is 10.3. The van der Waals surface area contributed by atoms with Crippen molar-refractivity contribution >= 4 is 47.8 Å². The van der Waals surface area contributed by atoms with E-state index in [0.717, 1.165) is 72.6 Å². The maximum Gasteiger partial charge on any atom is 0.160 e. The molecule has 62 heavy (non-hydrogen) atoms. The third-order valence-corrected chi connectivity index (χ3v) is 13.1. The number of aromatic nitrogens is 4. The Morgan fingerprint density at radius 2 is 0.935 bits per heavy atom. The molecule has 0 saturated carbocycles. The second kappa shape index (κ2) is 14.9. The van der Waals surface area contributed by atoms with Gasteiger partial charge in [0, 0.05) is 58.9 Å². The van der Waals surface area contributed by atoms with Gasteiger partial charge < -0.3 is 0 Å². The lowest BCUT2D eigenvalue weighted by Crippen LogP contribution is -1.96. The molecule has 0 atom stereocenters. The highest BCUT2D eigenvalue weighted by atomic mass is 32.1. The molecule has 4 nitrogen and oxygen atoms in total. The summed E-state index contributed by atoms with van der Waals surface area (Å²) in [6.45, 7) is 0. The lowest BCUT2D eigenvalue weighted by Gasteiger charge is -2.12. The van der Waals surface area contributed by atoms with Gasteiger partial charge in [0.15, 0.2) is 5.82 Å². The molecule has 0 radical (unpaired) electrons. The van der Waals surface area contributed by atoms with Gasteiger partial charge in [-0.1, -0.05) is 200 Å². The van der Waals surface area contributed by atoms with E-state index in [1.807, 2.05) is 17.4 Å². The number of hydrogen-bond donors (Lipinski definition) is 0. The lowest BCUT2D eigenvalue weighted by atomic mass is 9.95. The number of benzene rings is 8. The molecule has 4 heterocycles. The number of nitrogens with zero attached hydrogens (tertiary/aromatic N) is 4. The maximum absolute atomic E-state index is 5.40. The average Bonchev–Trinajstić information content (AvgIpc) is 3.95. The van der Waals surface area contributed by atoms with Gasteiger partial charge in [-0.2, -0.15) is 5.10 Å². The van der Waals surface area contributed by atoms with Crippen molar-refractivity contribution in [3.05, 3.63) is 218 Å². The van der Waals surface area contributed by atoms with Crippen molar-refractivity contribution in [3.8, 4) is 78.7 Å². The molecule has 0 bridgehead atoms. The van der Waals surface area contributed by atoms with Gasteiger partial charge in [-0.25, -0.2) is 14.5 Å². The smallest absolute Gasteiger partial charge is 0.160 e. The van der Waals surface area contributed by atoms with E-state index in [1.165, 1.54) is 36.7 Å². The molecular formula is C57H36N4S. The van der Waals surface area contributed by atoms with Crippen LogP contribution in [-0.2, 0) is 0 Å². The monoisotopic (exact) mass is 808 g/mol. The minimum Gasteiger partial charge on any atom is -0.231 e. The zero-order valence-corrected chi connectivity index (χ0v) is 34.3. The SMILES string of the molecule is c1ccc(-c2cc(-c3ccc(-c4c(-c5ccccc5)nn5c(-c6ccccc6)cc6ccccc6c45)cc3)nc(-c3ccc(-c4cccc5c4sc4ccccc45)cc3)n2)cc1. The Bertz CT molecular complexity index is 3590. The number of fused-ring (bicyclic) bond motifs is 6. The van der Waals surface area contributed by atoms with Gasteiger partial charge in [0.05, 0.1) is 22.6 Å². The Morgan fingerprint density at radius 3 is 1.66 bits per heavy atom. The summed E-state index contributed by atoms with van der Waals surface area (Å²) in [5.41, 5.74) is 14.6. The maximum atomic E-state index is 5.40. The first kappa shape index (κ1) is 35.9. The molecule has 0 spiro atoms. The highest BCUT2D eigenvalue weighted by Gasteiger charge is 2.22. The van der Waals surface area contributed by atoms with Gasteiger partial charge in [-0.05, 0) is 40.3 Å². The number of thiophene rings is 1. The number of rotatable bonds is 7. The standard InChI is InChI=1S/C57H36N4S/c1-4-15-38(16-5-1)49-36-50(59-57(58-49)43-33-27-37(28-34-43)46-24-14-25-48-47-23-12-13-26-52(47)62-56(46)48)39-29-31-41(32-30-39)53-54(42-19-8-3-9-20-42)60-61-51(40-17-6-2-7-18-40)35-44-21-10-11-22-45(44)55(53)61/h1-36H. The molecule has 0 saturated heterocycles. The second-order valence-corrected chi connectivity index (χ2v) is 16.6. The highest BCUT2D eigenvalue weighted by Crippen LogP contribution is 2.43. The van der Waals surface area contributed by atoms with Crippen LogP contribution in [0.25, 0.3) is 115 Å². The summed E-state index contributed by atoms with van der Waals surface area (Å²) in [6, 6.07) is 77.2. The van der Waals surface area contributed by atoms with Gasteiger partial charge in [0.1, 0.15) is 5.69 Å². The van der Waals surface area contributed by atoms with E-state index in [9.17, 15) is 0 Å². The van der Waals surface area contributed by atoms with Crippen LogP contribution in [0.3, 0.4) is 0 Å². The third kappa shape index (κ3) is 6.18. The van der Waals surface area contributed by atoms with Gasteiger partial charge in [0.2, 0.25) is 0 Å². The minimum atomic E-state index is 0.686. The van der Waals surface area contributed by atoms with E-state index in [2.05, 4.69) is 217 Å². The quantitative estimate of drug-likeness (QED) is 0.161. The van der Waals surface area contributed by atoms with Crippen LogP contribution in [-0.4, -0.2) is 19.6 Å². The third-order valence-electron chi connectivity index (χ3n) is 11.9. The Hall–Kier alpha value is -7.99. The van der Waals surface area contributed by atoms with E-state index >= 15 is 0 Å². The molecule has 12 rings (SSSR count). The molecule has 4 aromatic heterocycles. The number of hydrogen-bond acceptors (Lipinski definition) is 4. The van der Waals surface area contributed by atoms with Crippen molar-refractivity contribution in [2.24, 2.45) is 0 Å². The van der Waals surface area contributed by atoms with Crippen molar-refractivity contribution in [3.63, 3.8) is 0 Å². The largest absolute Gasteiger partial charge is 0.231 e. The van der Waals surface area contributed by atoms with Crippen LogP contribution in [0.2, 0.25) is 0 Å². The predicted octanol–water partition coefficient (Wildman–Crippen LogP) is 15.3. The Kier molecular flexibility index (Phi) is 8.65. The topological polar surface area (TPSA) is 43.1 Å². The van der Waals surface area contributed by atoms with E-state index < -0.39 is 0 Å². The molecule has 5 heteroatoms. The normalized spacial score (nSPS) is 11.5.